The fourth-order valence-corrected chi connectivity index (χ4v) is 2.01. The van der Waals surface area contributed by atoms with Crippen LogP contribution in [0.15, 0.2) is 36.4 Å². The van der Waals surface area contributed by atoms with E-state index in [9.17, 15) is 14.7 Å². The van der Waals surface area contributed by atoms with Crippen LogP contribution in [-0.2, 0) is 0 Å². The van der Waals surface area contributed by atoms with Crippen molar-refractivity contribution < 1.29 is 19.8 Å². The molecule has 5 heteroatoms. The van der Waals surface area contributed by atoms with Gasteiger partial charge in [0, 0.05) is 5.69 Å². The number of aryl methyl sites for hydroxylation is 2. The number of carbonyl (C=O) groups excluding carboxylic acids is 1. The predicted molar refractivity (Wildman–Crippen MR) is 78.9 cm³/mol. The van der Waals surface area contributed by atoms with Crippen molar-refractivity contribution in [2.75, 3.05) is 5.32 Å². The number of nitrogens with one attached hydrogen (secondary N) is 1. The predicted octanol–water partition coefficient (Wildman–Crippen LogP) is 2.96. The van der Waals surface area contributed by atoms with Gasteiger partial charge in [-0.15, -0.1) is 0 Å². The number of carboxylic acids is 1. The lowest BCUT2D eigenvalue weighted by molar-refractivity contribution is 0.0696. The van der Waals surface area contributed by atoms with Crippen LogP contribution in [-0.4, -0.2) is 22.1 Å². The van der Waals surface area contributed by atoms with E-state index in [-0.39, 0.29) is 16.9 Å². The maximum absolute atomic E-state index is 12.1. The van der Waals surface area contributed by atoms with Crippen LogP contribution in [0.5, 0.6) is 5.75 Å². The zero-order valence-electron chi connectivity index (χ0n) is 11.7. The first kappa shape index (κ1) is 14.6. The van der Waals surface area contributed by atoms with Gasteiger partial charge in [-0.3, -0.25) is 4.79 Å². The van der Waals surface area contributed by atoms with Gasteiger partial charge in [0.2, 0.25) is 0 Å². The number of anilines is 1. The number of amides is 1. The summed E-state index contributed by atoms with van der Waals surface area (Å²) in [6, 6.07) is 9.30. The number of carboxylic acid groups (broad SMARTS) is 1. The van der Waals surface area contributed by atoms with Gasteiger partial charge in [0.15, 0.2) is 0 Å². The Balaban J connectivity index is 2.23. The van der Waals surface area contributed by atoms with Gasteiger partial charge in [0.25, 0.3) is 5.91 Å². The third kappa shape index (κ3) is 3.20. The highest BCUT2D eigenvalue weighted by molar-refractivity contribution is 6.06. The standard InChI is InChI=1S/C16H15NO4/c1-9-3-5-13(14(18)7-9)15(19)17-11-4-6-12(16(20)21)10(2)8-11/h3-8,18H,1-2H3,(H,17,19)(H,20,21). The molecule has 1 amide bonds. The molecule has 0 spiro atoms. The fourth-order valence-electron chi connectivity index (χ4n) is 2.01. The van der Waals surface area contributed by atoms with Crippen LogP contribution in [0.1, 0.15) is 31.8 Å². The second-order valence-corrected chi connectivity index (χ2v) is 4.81. The lowest BCUT2D eigenvalue weighted by Gasteiger charge is -2.09. The van der Waals surface area contributed by atoms with Crippen LogP contribution in [0.4, 0.5) is 5.69 Å². The Morgan fingerprint density at radius 1 is 1.00 bits per heavy atom. The molecule has 0 bridgehead atoms. The Morgan fingerprint density at radius 2 is 1.67 bits per heavy atom. The van der Waals surface area contributed by atoms with Gasteiger partial charge in [0.1, 0.15) is 5.75 Å². The van der Waals surface area contributed by atoms with E-state index < -0.39 is 11.9 Å². The Labute approximate surface area is 121 Å². The second-order valence-electron chi connectivity index (χ2n) is 4.81. The van der Waals surface area contributed by atoms with E-state index >= 15 is 0 Å². The Hall–Kier alpha value is -2.82. The van der Waals surface area contributed by atoms with Crippen molar-refractivity contribution in [2.45, 2.75) is 13.8 Å². The molecule has 2 aromatic rings. The van der Waals surface area contributed by atoms with Crippen molar-refractivity contribution in [2.24, 2.45) is 0 Å². The monoisotopic (exact) mass is 285 g/mol. The fraction of sp³-hybridized carbons (Fsp3) is 0.125. The summed E-state index contributed by atoms with van der Waals surface area (Å²) >= 11 is 0. The second kappa shape index (κ2) is 5.66. The lowest BCUT2D eigenvalue weighted by atomic mass is 10.1. The van der Waals surface area contributed by atoms with Crippen molar-refractivity contribution in [3.8, 4) is 5.75 Å². The van der Waals surface area contributed by atoms with Crippen molar-refractivity contribution in [1.82, 2.24) is 0 Å². The van der Waals surface area contributed by atoms with E-state index in [4.69, 9.17) is 5.11 Å². The van der Waals surface area contributed by atoms with Crippen LogP contribution in [0.2, 0.25) is 0 Å². The molecule has 0 aromatic heterocycles. The summed E-state index contributed by atoms with van der Waals surface area (Å²) in [5.74, 6) is -1.55. The molecule has 0 fully saturated rings. The highest BCUT2D eigenvalue weighted by Gasteiger charge is 2.13. The first-order valence-corrected chi connectivity index (χ1v) is 6.33. The molecular weight excluding hydrogens is 270 g/mol. The molecule has 0 saturated carbocycles. The van der Waals surface area contributed by atoms with E-state index in [0.717, 1.165) is 5.56 Å². The van der Waals surface area contributed by atoms with Gasteiger partial charge in [-0.25, -0.2) is 4.79 Å². The molecule has 0 radical (unpaired) electrons. The summed E-state index contributed by atoms with van der Waals surface area (Å²) < 4.78 is 0. The zero-order chi connectivity index (χ0) is 15.6. The molecular formula is C16H15NO4. The molecule has 2 aromatic carbocycles. The SMILES string of the molecule is Cc1ccc(C(=O)Nc2ccc(C(=O)O)c(C)c2)c(O)c1. The highest BCUT2D eigenvalue weighted by Crippen LogP contribution is 2.21. The third-order valence-corrected chi connectivity index (χ3v) is 3.11. The number of aromatic carboxylic acids is 1. The zero-order valence-corrected chi connectivity index (χ0v) is 11.7. The van der Waals surface area contributed by atoms with Gasteiger partial charge in [0.05, 0.1) is 11.1 Å². The number of hydrogen-bond donors (Lipinski definition) is 3. The van der Waals surface area contributed by atoms with Crippen LogP contribution in [0.3, 0.4) is 0 Å². The highest BCUT2D eigenvalue weighted by atomic mass is 16.4. The van der Waals surface area contributed by atoms with E-state index in [0.29, 0.717) is 11.3 Å². The minimum absolute atomic E-state index is 0.0913. The van der Waals surface area contributed by atoms with Gasteiger partial charge in [-0.05, 0) is 55.3 Å². The molecule has 0 aliphatic rings. The number of rotatable bonds is 3. The smallest absolute Gasteiger partial charge is 0.335 e. The van der Waals surface area contributed by atoms with Crippen LogP contribution < -0.4 is 5.32 Å². The maximum atomic E-state index is 12.1. The average molecular weight is 285 g/mol. The van der Waals surface area contributed by atoms with Crippen molar-refractivity contribution in [1.29, 1.82) is 0 Å². The van der Waals surface area contributed by atoms with E-state index in [2.05, 4.69) is 5.32 Å². The Kier molecular flexibility index (Phi) is 3.93. The quantitative estimate of drug-likeness (QED) is 0.809. The summed E-state index contributed by atoms with van der Waals surface area (Å²) in [6.07, 6.45) is 0. The molecule has 108 valence electrons. The van der Waals surface area contributed by atoms with Gasteiger partial charge in [-0.1, -0.05) is 6.07 Å². The van der Waals surface area contributed by atoms with Gasteiger partial charge < -0.3 is 15.5 Å². The van der Waals surface area contributed by atoms with Crippen molar-refractivity contribution in [3.05, 3.63) is 58.7 Å². The molecule has 5 nitrogen and oxygen atoms in total. The average Bonchev–Trinajstić information content (AvgIpc) is 2.37. The van der Waals surface area contributed by atoms with E-state index in [1.165, 1.54) is 18.2 Å². The van der Waals surface area contributed by atoms with Crippen molar-refractivity contribution in [3.63, 3.8) is 0 Å². The number of phenolic OH excluding ortho intramolecular Hbond substituents is 1. The minimum Gasteiger partial charge on any atom is -0.507 e. The largest absolute Gasteiger partial charge is 0.507 e. The van der Waals surface area contributed by atoms with Crippen LogP contribution >= 0.6 is 0 Å². The van der Waals surface area contributed by atoms with Crippen molar-refractivity contribution >= 4 is 17.6 Å². The number of benzene rings is 2. The first-order valence-electron chi connectivity index (χ1n) is 6.33. The van der Waals surface area contributed by atoms with Gasteiger partial charge >= 0.3 is 5.97 Å². The molecule has 0 aliphatic carbocycles. The topological polar surface area (TPSA) is 86.6 Å². The molecule has 21 heavy (non-hydrogen) atoms. The Bertz CT molecular complexity index is 722. The third-order valence-electron chi connectivity index (χ3n) is 3.11. The van der Waals surface area contributed by atoms with Crippen LogP contribution in [0.25, 0.3) is 0 Å². The molecule has 0 heterocycles. The number of hydrogen-bond acceptors (Lipinski definition) is 3. The summed E-state index contributed by atoms with van der Waals surface area (Å²) in [5, 5.41) is 21.4. The summed E-state index contributed by atoms with van der Waals surface area (Å²) in [4.78, 5) is 23.0. The summed E-state index contributed by atoms with van der Waals surface area (Å²) in [6.45, 7) is 3.47. The maximum Gasteiger partial charge on any atom is 0.335 e. The molecule has 2 rings (SSSR count). The summed E-state index contributed by atoms with van der Waals surface area (Å²) in [7, 11) is 0. The summed E-state index contributed by atoms with van der Waals surface area (Å²) in [5.41, 5.74) is 2.23. The first-order chi connectivity index (χ1) is 9.88. The molecule has 0 aliphatic heterocycles. The molecule has 0 atom stereocenters. The number of phenols is 1. The van der Waals surface area contributed by atoms with E-state index in [1.54, 1.807) is 25.1 Å². The Morgan fingerprint density at radius 3 is 2.24 bits per heavy atom. The van der Waals surface area contributed by atoms with E-state index in [1.807, 2.05) is 6.92 Å². The van der Waals surface area contributed by atoms with Crippen LogP contribution in [0, 0.1) is 13.8 Å². The normalized spacial score (nSPS) is 10.2. The van der Waals surface area contributed by atoms with Gasteiger partial charge in [-0.2, -0.15) is 0 Å². The minimum atomic E-state index is -1.01. The number of aromatic hydroxyl groups is 1. The number of carbonyl (C=O) groups is 2. The molecule has 0 saturated heterocycles. The lowest BCUT2D eigenvalue weighted by Crippen LogP contribution is -2.12. The molecule has 3 N–H and O–H groups in total. The molecule has 0 unspecified atom stereocenters.